The van der Waals surface area contributed by atoms with Crippen molar-refractivity contribution < 1.29 is 17.6 Å². The predicted molar refractivity (Wildman–Crippen MR) is 106 cm³/mol. The maximum atomic E-state index is 13.0. The van der Waals surface area contributed by atoms with E-state index in [0.717, 1.165) is 5.56 Å². The zero-order valence-corrected chi connectivity index (χ0v) is 17.2. The lowest BCUT2D eigenvalue weighted by Crippen LogP contribution is -2.45. The fourth-order valence-electron chi connectivity index (χ4n) is 3.12. The Balaban J connectivity index is 1.68. The average molecular weight is 445 g/mol. The summed E-state index contributed by atoms with van der Waals surface area (Å²) in [6.45, 7) is 0.635. The SMILES string of the molecule is O=C(NCc1ccc(F)cc1)[C@@H]1CCCN(S(=O)(=O)c2cc(Cl)ccc2Cl)C1. The van der Waals surface area contributed by atoms with Crippen molar-refractivity contribution in [3.8, 4) is 0 Å². The number of rotatable bonds is 5. The summed E-state index contributed by atoms with van der Waals surface area (Å²) in [5, 5.41) is 3.15. The van der Waals surface area contributed by atoms with Gasteiger partial charge in [-0.3, -0.25) is 4.79 Å². The minimum Gasteiger partial charge on any atom is -0.352 e. The first-order valence-electron chi connectivity index (χ1n) is 8.75. The Morgan fingerprint density at radius 3 is 2.61 bits per heavy atom. The second-order valence-corrected chi connectivity index (χ2v) is 9.37. The van der Waals surface area contributed by atoms with Crippen molar-refractivity contribution in [3.63, 3.8) is 0 Å². The third-order valence-corrected chi connectivity index (χ3v) is 7.23. The number of benzene rings is 2. The summed E-state index contributed by atoms with van der Waals surface area (Å²) < 4.78 is 40.1. The lowest BCUT2D eigenvalue weighted by Gasteiger charge is -2.31. The molecule has 1 heterocycles. The summed E-state index contributed by atoms with van der Waals surface area (Å²) in [6.07, 6.45) is 1.15. The van der Waals surface area contributed by atoms with Crippen molar-refractivity contribution >= 4 is 39.1 Å². The predicted octanol–water partition coefficient (Wildman–Crippen LogP) is 3.85. The topological polar surface area (TPSA) is 66.5 Å². The largest absolute Gasteiger partial charge is 0.352 e. The van der Waals surface area contributed by atoms with E-state index in [2.05, 4.69) is 5.32 Å². The van der Waals surface area contributed by atoms with Gasteiger partial charge >= 0.3 is 0 Å². The molecule has 3 rings (SSSR count). The second kappa shape index (κ2) is 8.78. The average Bonchev–Trinajstić information content (AvgIpc) is 2.69. The Labute approximate surface area is 173 Å². The zero-order valence-electron chi connectivity index (χ0n) is 14.9. The van der Waals surface area contributed by atoms with Gasteiger partial charge in [0, 0.05) is 24.7 Å². The highest BCUT2D eigenvalue weighted by molar-refractivity contribution is 7.89. The molecule has 1 fully saturated rings. The van der Waals surface area contributed by atoms with E-state index in [-0.39, 0.29) is 39.8 Å². The molecular weight excluding hydrogens is 426 g/mol. The number of nitrogens with zero attached hydrogens (tertiary/aromatic N) is 1. The normalized spacial score (nSPS) is 18.0. The van der Waals surface area contributed by atoms with Crippen LogP contribution in [0, 0.1) is 11.7 Å². The molecule has 0 aromatic heterocycles. The van der Waals surface area contributed by atoms with Crippen LogP contribution >= 0.6 is 23.2 Å². The van der Waals surface area contributed by atoms with E-state index >= 15 is 0 Å². The lowest BCUT2D eigenvalue weighted by molar-refractivity contribution is -0.126. The molecule has 0 spiro atoms. The Bertz CT molecular complexity index is 968. The van der Waals surface area contributed by atoms with E-state index in [1.54, 1.807) is 12.1 Å². The molecule has 1 aliphatic heterocycles. The van der Waals surface area contributed by atoms with E-state index in [1.807, 2.05) is 0 Å². The smallest absolute Gasteiger partial charge is 0.244 e. The number of hydrogen-bond donors (Lipinski definition) is 1. The van der Waals surface area contributed by atoms with Crippen LogP contribution in [0.1, 0.15) is 18.4 Å². The molecule has 1 aliphatic rings. The van der Waals surface area contributed by atoms with E-state index in [1.165, 1.54) is 34.6 Å². The summed E-state index contributed by atoms with van der Waals surface area (Å²) in [4.78, 5) is 12.5. The number of hydrogen-bond acceptors (Lipinski definition) is 3. The molecule has 28 heavy (non-hydrogen) atoms. The summed E-state index contributed by atoms with van der Waals surface area (Å²) in [5.74, 6) is -1.05. The molecule has 1 N–H and O–H groups in total. The molecule has 1 saturated heterocycles. The lowest BCUT2D eigenvalue weighted by atomic mass is 9.99. The monoisotopic (exact) mass is 444 g/mol. The Morgan fingerprint density at radius 1 is 1.18 bits per heavy atom. The fraction of sp³-hybridized carbons (Fsp3) is 0.316. The number of amides is 1. The summed E-state index contributed by atoms with van der Waals surface area (Å²) in [5.41, 5.74) is 0.765. The first-order valence-corrected chi connectivity index (χ1v) is 10.9. The van der Waals surface area contributed by atoms with Crippen LogP contribution in [0.2, 0.25) is 10.0 Å². The first-order chi connectivity index (χ1) is 13.3. The van der Waals surface area contributed by atoms with Crippen LogP contribution in [0.4, 0.5) is 4.39 Å². The van der Waals surface area contributed by atoms with Gasteiger partial charge in [0.2, 0.25) is 15.9 Å². The first kappa shape index (κ1) is 21.0. The van der Waals surface area contributed by atoms with Crippen molar-refractivity contribution in [1.82, 2.24) is 9.62 Å². The molecule has 1 amide bonds. The number of sulfonamides is 1. The Kier molecular flexibility index (Phi) is 6.60. The van der Waals surface area contributed by atoms with Crippen LogP contribution < -0.4 is 5.32 Å². The van der Waals surface area contributed by atoms with Crippen LogP contribution in [0.3, 0.4) is 0 Å². The van der Waals surface area contributed by atoms with E-state index in [4.69, 9.17) is 23.2 Å². The van der Waals surface area contributed by atoms with Crippen molar-refractivity contribution in [1.29, 1.82) is 0 Å². The summed E-state index contributed by atoms with van der Waals surface area (Å²) in [6, 6.07) is 10.1. The molecule has 2 aromatic rings. The highest BCUT2D eigenvalue weighted by atomic mass is 35.5. The number of halogens is 3. The van der Waals surface area contributed by atoms with Gasteiger partial charge in [0.15, 0.2) is 0 Å². The van der Waals surface area contributed by atoms with Crippen LogP contribution in [0.15, 0.2) is 47.4 Å². The van der Waals surface area contributed by atoms with E-state index in [0.29, 0.717) is 19.4 Å². The summed E-state index contributed by atoms with van der Waals surface area (Å²) in [7, 11) is -3.86. The van der Waals surface area contributed by atoms with Gasteiger partial charge in [-0.1, -0.05) is 35.3 Å². The van der Waals surface area contributed by atoms with Crippen LogP contribution in [0.5, 0.6) is 0 Å². The van der Waals surface area contributed by atoms with Crippen molar-refractivity contribution in [3.05, 3.63) is 63.9 Å². The van der Waals surface area contributed by atoms with Crippen LogP contribution in [-0.2, 0) is 21.4 Å². The molecule has 2 aromatic carbocycles. The van der Waals surface area contributed by atoms with Gasteiger partial charge in [-0.15, -0.1) is 0 Å². The standard InChI is InChI=1S/C19H19Cl2FN2O3S/c20-15-5-8-17(21)18(10-15)28(26,27)24-9-1-2-14(12-24)19(25)23-11-13-3-6-16(22)7-4-13/h3-8,10,14H,1-2,9,11-12H2,(H,23,25)/t14-/m1/s1. The highest BCUT2D eigenvalue weighted by Gasteiger charge is 2.34. The maximum Gasteiger partial charge on any atom is 0.244 e. The second-order valence-electron chi connectivity index (χ2n) is 6.62. The molecule has 0 aliphatic carbocycles. The molecule has 0 saturated carbocycles. The van der Waals surface area contributed by atoms with Crippen molar-refractivity contribution in [2.75, 3.05) is 13.1 Å². The zero-order chi connectivity index (χ0) is 20.3. The van der Waals surface area contributed by atoms with Crippen LogP contribution in [0.25, 0.3) is 0 Å². The third kappa shape index (κ3) is 4.84. The molecule has 1 atom stereocenters. The van der Waals surface area contributed by atoms with Crippen LogP contribution in [-0.4, -0.2) is 31.7 Å². The van der Waals surface area contributed by atoms with Gasteiger partial charge in [-0.25, -0.2) is 12.8 Å². The third-order valence-electron chi connectivity index (χ3n) is 4.65. The van der Waals surface area contributed by atoms with Gasteiger partial charge in [0.25, 0.3) is 0 Å². The highest BCUT2D eigenvalue weighted by Crippen LogP contribution is 2.30. The van der Waals surface area contributed by atoms with Gasteiger partial charge in [0.1, 0.15) is 10.7 Å². The number of carbonyl (C=O) groups excluding carboxylic acids is 1. The number of nitrogens with one attached hydrogen (secondary N) is 1. The number of piperidine rings is 1. The molecule has 0 unspecified atom stereocenters. The molecular formula is C19H19Cl2FN2O3S. The van der Waals surface area contributed by atoms with Gasteiger partial charge in [-0.05, 0) is 48.7 Å². The molecule has 150 valence electrons. The Morgan fingerprint density at radius 2 is 1.89 bits per heavy atom. The van der Waals surface area contributed by atoms with Crippen molar-refractivity contribution in [2.24, 2.45) is 5.92 Å². The summed E-state index contributed by atoms with van der Waals surface area (Å²) >= 11 is 12.0. The van der Waals surface area contributed by atoms with Gasteiger partial charge < -0.3 is 5.32 Å². The molecule has 0 radical (unpaired) electrons. The quantitative estimate of drug-likeness (QED) is 0.761. The number of carbonyl (C=O) groups is 1. The minimum absolute atomic E-state index is 0.0611. The molecule has 0 bridgehead atoms. The molecule has 9 heteroatoms. The van der Waals surface area contributed by atoms with Crippen molar-refractivity contribution in [2.45, 2.75) is 24.3 Å². The van der Waals surface area contributed by atoms with E-state index in [9.17, 15) is 17.6 Å². The fourth-order valence-corrected chi connectivity index (χ4v) is 5.39. The minimum atomic E-state index is -3.86. The maximum absolute atomic E-state index is 13.0. The Hall–Kier alpha value is -1.67. The van der Waals surface area contributed by atoms with Gasteiger partial charge in [-0.2, -0.15) is 4.31 Å². The molecule has 5 nitrogen and oxygen atoms in total. The van der Waals surface area contributed by atoms with E-state index < -0.39 is 15.9 Å². The van der Waals surface area contributed by atoms with Gasteiger partial charge in [0.05, 0.1) is 10.9 Å².